The first-order valence-electron chi connectivity index (χ1n) is 8.71. The highest BCUT2D eigenvalue weighted by molar-refractivity contribution is 6.30. The highest BCUT2D eigenvalue weighted by atomic mass is 35.5. The Morgan fingerprint density at radius 1 is 1.14 bits per heavy atom. The summed E-state index contributed by atoms with van der Waals surface area (Å²) in [5, 5.41) is 4.65. The number of benzene rings is 2. The number of rotatable bonds is 5. The van der Waals surface area contributed by atoms with E-state index in [2.05, 4.69) is 10.1 Å². The van der Waals surface area contributed by atoms with Gasteiger partial charge in [-0.05, 0) is 36.4 Å². The zero-order valence-corrected chi connectivity index (χ0v) is 16.1. The molecule has 8 heteroatoms. The molecule has 1 aliphatic heterocycles. The molecule has 0 spiro atoms. The van der Waals surface area contributed by atoms with Gasteiger partial charge >= 0.3 is 0 Å². The van der Waals surface area contributed by atoms with Crippen molar-refractivity contribution in [1.82, 2.24) is 10.1 Å². The van der Waals surface area contributed by atoms with E-state index in [0.717, 1.165) is 11.3 Å². The normalized spacial score (nSPS) is 16.5. The van der Waals surface area contributed by atoms with Crippen molar-refractivity contribution in [2.75, 3.05) is 25.7 Å². The van der Waals surface area contributed by atoms with Gasteiger partial charge in [0, 0.05) is 29.2 Å². The van der Waals surface area contributed by atoms with Crippen LogP contribution < -0.4 is 14.4 Å². The van der Waals surface area contributed by atoms with Gasteiger partial charge in [-0.3, -0.25) is 4.79 Å². The van der Waals surface area contributed by atoms with Gasteiger partial charge in [0.25, 0.3) is 0 Å². The van der Waals surface area contributed by atoms with Crippen LogP contribution in [0.25, 0.3) is 11.4 Å². The van der Waals surface area contributed by atoms with Crippen LogP contribution in [0, 0.1) is 0 Å². The van der Waals surface area contributed by atoms with Crippen molar-refractivity contribution < 1.29 is 18.8 Å². The Hall–Kier alpha value is -3.06. The monoisotopic (exact) mass is 399 g/mol. The Kier molecular flexibility index (Phi) is 4.92. The van der Waals surface area contributed by atoms with E-state index in [1.807, 2.05) is 18.2 Å². The zero-order chi connectivity index (χ0) is 19.7. The lowest BCUT2D eigenvalue weighted by Gasteiger charge is -2.16. The number of carbonyl (C=O) groups excluding carboxylic acids is 1. The first-order chi connectivity index (χ1) is 13.6. The fourth-order valence-corrected chi connectivity index (χ4v) is 3.44. The summed E-state index contributed by atoms with van der Waals surface area (Å²) in [6, 6.07) is 12.6. The minimum atomic E-state index is -0.173. The van der Waals surface area contributed by atoms with Crippen molar-refractivity contribution in [2.45, 2.75) is 12.3 Å². The highest BCUT2D eigenvalue weighted by Crippen LogP contribution is 2.34. The Bertz CT molecular complexity index is 1020. The molecule has 1 fully saturated rings. The van der Waals surface area contributed by atoms with E-state index in [9.17, 15) is 4.79 Å². The predicted octanol–water partition coefficient (Wildman–Crippen LogP) is 3.93. The van der Waals surface area contributed by atoms with Crippen LogP contribution in [0.5, 0.6) is 11.5 Å². The summed E-state index contributed by atoms with van der Waals surface area (Å²) in [5.41, 5.74) is 1.50. The molecule has 0 N–H and O–H groups in total. The minimum Gasteiger partial charge on any atom is -0.493 e. The summed E-state index contributed by atoms with van der Waals surface area (Å²) in [6.45, 7) is 0.465. The molecule has 0 aliphatic carbocycles. The first kappa shape index (κ1) is 18.3. The number of nitrogens with zero attached hydrogens (tertiary/aromatic N) is 3. The van der Waals surface area contributed by atoms with Crippen LogP contribution in [0.3, 0.4) is 0 Å². The summed E-state index contributed by atoms with van der Waals surface area (Å²) < 4.78 is 16.0. The predicted molar refractivity (Wildman–Crippen MR) is 104 cm³/mol. The summed E-state index contributed by atoms with van der Waals surface area (Å²) in [4.78, 5) is 18.6. The van der Waals surface area contributed by atoms with Crippen LogP contribution >= 0.6 is 11.6 Å². The number of amides is 1. The molecule has 0 unspecified atom stereocenters. The number of methoxy groups -OCH3 is 2. The average Bonchev–Trinajstić information content (AvgIpc) is 3.34. The molecule has 0 radical (unpaired) electrons. The molecule has 4 rings (SSSR count). The molecule has 144 valence electrons. The third-order valence-electron chi connectivity index (χ3n) is 4.68. The number of hydrogen-bond donors (Lipinski definition) is 0. The molecule has 2 aromatic carbocycles. The lowest BCUT2D eigenvalue weighted by Crippen LogP contribution is -2.24. The summed E-state index contributed by atoms with van der Waals surface area (Å²) in [5.74, 6) is 1.89. The molecule has 2 heterocycles. The Balaban J connectivity index is 1.56. The second-order valence-corrected chi connectivity index (χ2v) is 6.85. The van der Waals surface area contributed by atoms with Crippen LogP contribution in [-0.4, -0.2) is 36.8 Å². The second-order valence-electron chi connectivity index (χ2n) is 6.41. The molecule has 7 nitrogen and oxygen atoms in total. The third-order valence-corrected chi connectivity index (χ3v) is 4.91. The number of halogens is 1. The fourth-order valence-electron chi connectivity index (χ4n) is 3.26. The van der Waals surface area contributed by atoms with Gasteiger partial charge in [-0.15, -0.1) is 0 Å². The summed E-state index contributed by atoms with van der Waals surface area (Å²) >= 11 is 6.04. The first-order valence-corrected chi connectivity index (χ1v) is 9.08. The topological polar surface area (TPSA) is 77.7 Å². The van der Waals surface area contributed by atoms with Gasteiger partial charge < -0.3 is 18.9 Å². The van der Waals surface area contributed by atoms with Gasteiger partial charge in [0.15, 0.2) is 11.5 Å². The quantitative estimate of drug-likeness (QED) is 0.647. The SMILES string of the molecule is COc1ccc(-c2noc([C@@H]3CC(=O)N(c4cccc(Cl)c4)C3)n2)cc1OC. The largest absolute Gasteiger partial charge is 0.493 e. The van der Waals surface area contributed by atoms with E-state index in [-0.39, 0.29) is 11.8 Å². The standard InChI is InChI=1S/C20H18ClN3O4/c1-26-16-7-6-12(8-17(16)27-2)19-22-20(28-23-19)13-9-18(25)24(11-13)15-5-3-4-14(21)10-15/h3-8,10,13H,9,11H2,1-2H3/t13-/m1/s1. The average molecular weight is 400 g/mol. The van der Waals surface area contributed by atoms with Gasteiger partial charge in [0.1, 0.15) is 0 Å². The Morgan fingerprint density at radius 2 is 1.96 bits per heavy atom. The molecule has 28 heavy (non-hydrogen) atoms. The Labute approximate surface area is 166 Å². The lowest BCUT2D eigenvalue weighted by atomic mass is 10.1. The maximum atomic E-state index is 12.5. The molecule has 3 aromatic rings. The number of carbonyl (C=O) groups is 1. The van der Waals surface area contributed by atoms with Gasteiger partial charge in [0.2, 0.25) is 17.6 Å². The lowest BCUT2D eigenvalue weighted by molar-refractivity contribution is -0.117. The van der Waals surface area contributed by atoms with Gasteiger partial charge in [0.05, 0.1) is 20.1 Å². The molecule has 1 aliphatic rings. The minimum absolute atomic E-state index is 0.00173. The van der Waals surface area contributed by atoms with E-state index < -0.39 is 0 Å². The van der Waals surface area contributed by atoms with E-state index >= 15 is 0 Å². The van der Waals surface area contributed by atoms with Crippen LogP contribution in [0.4, 0.5) is 5.69 Å². The van der Waals surface area contributed by atoms with Crippen molar-refractivity contribution >= 4 is 23.2 Å². The van der Waals surface area contributed by atoms with Gasteiger partial charge in [-0.1, -0.05) is 22.8 Å². The van der Waals surface area contributed by atoms with Crippen LogP contribution in [0.2, 0.25) is 5.02 Å². The number of ether oxygens (including phenoxy) is 2. The molecule has 1 aromatic heterocycles. The maximum Gasteiger partial charge on any atom is 0.232 e. The van der Waals surface area contributed by atoms with E-state index in [4.69, 9.17) is 25.6 Å². The smallest absolute Gasteiger partial charge is 0.232 e. The molecule has 1 atom stereocenters. The van der Waals surface area contributed by atoms with E-state index in [1.165, 1.54) is 0 Å². The van der Waals surface area contributed by atoms with Crippen molar-refractivity contribution in [3.63, 3.8) is 0 Å². The summed E-state index contributed by atoms with van der Waals surface area (Å²) in [6.07, 6.45) is 0.306. The Morgan fingerprint density at radius 3 is 2.71 bits per heavy atom. The zero-order valence-electron chi connectivity index (χ0n) is 15.4. The van der Waals surface area contributed by atoms with Crippen molar-refractivity contribution in [1.29, 1.82) is 0 Å². The molecular weight excluding hydrogens is 382 g/mol. The van der Waals surface area contributed by atoms with Crippen LogP contribution in [0.1, 0.15) is 18.2 Å². The van der Waals surface area contributed by atoms with Crippen molar-refractivity contribution in [3.8, 4) is 22.9 Å². The third kappa shape index (κ3) is 3.41. The number of anilines is 1. The molecular formula is C20H18ClN3O4. The number of aromatic nitrogens is 2. The molecule has 1 saturated heterocycles. The fraction of sp³-hybridized carbons (Fsp3) is 0.250. The van der Waals surface area contributed by atoms with Gasteiger partial charge in [-0.2, -0.15) is 4.98 Å². The highest BCUT2D eigenvalue weighted by Gasteiger charge is 2.35. The van der Waals surface area contributed by atoms with Gasteiger partial charge in [-0.25, -0.2) is 0 Å². The second kappa shape index (κ2) is 7.52. The molecule has 1 amide bonds. The van der Waals surface area contributed by atoms with Crippen LogP contribution in [0.15, 0.2) is 47.0 Å². The van der Waals surface area contributed by atoms with Crippen molar-refractivity contribution in [2.24, 2.45) is 0 Å². The van der Waals surface area contributed by atoms with E-state index in [0.29, 0.717) is 41.2 Å². The van der Waals surface area contributed by atoms with Crippen molar-refractivity contribution in [3.05, 3.63) is 53.4 Å². The summed E-state index contributed by atoms with van der Waals surface area (Å²) in [7, 11) is 3.14. The molecule has 0 bridgehead atoms. The number of hydrogen-bond acceptors (Lipinski definition) is 6. The maximum absolute atomic E-state index is 12.5. The van der Waals surface area contributed by atoms with E-state index in [1.54, 1.807) is 43.4 Å². The molecule has 0 saturated carbocycles. The van der Waals surface area contributed by atoms with Crippen LogP contribution in [-0.2, 0) is 4.79 Å².